The number of ketones is 1. The van der Waals surface area contributed by atoms with Gasteiger partial charge in [0.05, 0.1) is 17.8 Å². The van der Waals surface area contributed by atoms with Gasteiger partial charge in [-0.05, 0) is 42.5 Å². The molecule has 0 heterocycles. The quantitative estimate of drug-likeness (QED) is 0.0749. The topological polar surface area (TPSA) is 128 Å². The number of ether oxygens (including phenoxy) is 1. The van der Waals surface area contributed by atoms with Crippen LogP contribution >= 0.6 is 11.8 Å². The number of nitro groups is 1. The zero-order valence-corrected chi connectivity index (χ0v) is 22.7. The van der Waals surface area contributed by atoms with Gasteiger partial charge in [0, 0.05) is 39.4 Å². The van der Waals surface area contributed by atoms with E-state index in [2.05, 4.69) is 10.6 Å². The molecule has 9 nitrogen and oxygen atoms in total. The Kier molecular flexibility index (Phi) is 9.63. The normalized spacial score (nSPS) is 10.9. The summed E-state index contributed by atoms with van der Waals surface area (Å²) in [6.07, 6.45) is 1.53. The molecule has 0 radical (unpaired) electrons. The number of rotatable bonds is 11. The van der Waals surface area contributed by atoms with Crippen molar-refractivity contribution in [2.24, 2.45) is 0 Å². The van der Waals surface area contributed by atoms with E-state index in [1.165, 1.54) is 49.2 Å². The molecule has 0 saturated carbocycles. The Morgan fingerprint density at radius 3 is 2.34 bits per heavy atom. The Balaban J connectivity index is 1.51. The fourth-order valence-corrected chi connectivity index (χ4v) is 4.62. The number of nitrogens with zero attached hydrogens (tertiary/aromatic N) is 1. The molecular formula is C31H25N3O6S. The highest BCUT2D eigenvalue weighted by atomic mass is 32.2. The Bertz CT molecular complexity index is 1620. The van der Waals surface area contributed by atoms with Crippen molar-refractivity contribution in [3.63, 3.8) is 0 Å². The number of nitro benzene ring substituents is 1. The molecule has 0 aromatic heterocycles. The molecule has 0 bridgehead atoms. The average Bonchev–Trinajstić information content (AvgIpc) is 3.00. The van der Waals surface area contributed by atoms with Crippen LogP contribution in [0.4, 0.5) is 11.4 Å². The summed E-state index contributed by atoms with van der Waals surface area (Å²) in [6, 6.07) is 28.1. The highest BCUT2D eigenvalue weighted by Crippen LogP contribution is 2.25. The van der Waals surface area contributed by atoms with Crippen LogP contribution in [0, 0.1) is 10.1 Å². The summed E-state index contributed by atoms with van der Waals surface area (Å²) in [7, 11) is 1.52. The van der Waals surface area contributed by atoms with Gasteiger partial charge in [0.25, 0.3) is 17.5 Å². The lowest BCUT2D eigenvalue weighted by molar-refractivity contribution is -0.384. The van der Waals surface area contributed by atoms with Crippen LogP contribution in [-0.2, 0) is 4.79 Å². The van der Waals surface area contributed by atoms with E-state index in [9.17, 15) is 24.5 Å². The van der Waals surface area contributed by atoms with E-state index in [0.29, 0.717) is 27.5 Å². The first-order valence-corrected chi connectivity index (χ1v) is 13.4. The molecular weight excluding hydrogens is 542 g/mol. The molecule has 2 amide bonds. The number of hydrogen-bond acceptors (Lipinski definition) is 7. The molecule has 0 aliphatic heterocycles. The van der Waals surface area contributed by atoms with Gasteiger partial charge in [-0.1, -0.05) is 54.6 Å². The van der Waals surface area contributed by atoms with Gasteiger partial charge in [-0.15, -0.1) is 11.8 Å². The lowest BCUT2D eigenvalue weighted by Crippen LogP contribution is -2.30. The maximum Gasteiger partial charge on any atom is 0.272 e. The zero-order valence-electron chi connectivity index (χ0n) is 21.9. The van der Waals surface area contributed by atoms with Crippen molar-refractivity contribution < 1.29 is 24.0 Å². The van der Waals surface area contributed by atoms with E-state index in [4.69, 9.17) is 4.74 Å². The van der Waals surface area contributed by atoms with Crippen molar-refractivity contribution in [3.8, 4) is 5.75 Å². The molecule has 41 heavy (non-hydrogen) atoms. The van der Waals surface area contributed by atoms with E-state index in [-0.39, 0.29) is 28.5 Å². The molecule has 0 aliphatic rings. The van der Waals surface area contributed by atoms with E-state index in [1.54, 1.807) is 78.9 Å². The maximum absolute atomic E-state index is 13.4. The smallest absolute Gasteiger partial charge is 0.272 e. The molecule has 4 rings (SSSR count). The Hall–Kier alpha value is -5.22. The number of nitrogens with one attached hydrogen (secondary N) is 2. The minimum atomic E-state index is -0.560. The van der Waals surface area contributed by atoms with E-state index >= 15 is 0 Å². The van der Waals surface area contributed by atoms with Crippen molar-refractivity contribution in [2.75, 3.05) is 18.2 Å². The first kappa shape index (κ1) is 28.8. The number of carbonyl (C=O) groups is 3. The van der Waals surface area contributed by atoms with Crippen LogP contribution in [0.2, 0.25) is 0 Å². The summed E-state index contributed by atoms with van der Waals surface area (Å²) in [5.41, 5.74) is 1.53. The third kappa shape index (κ3) is 7.90. The van der Waals surface area contributed by atoms with Gasteiger partial charge in [-0.2, -0.15) is 0 Å². The molecule has 0 aliphatic carbocycles. The average molecular weight is 568 g/mol. The number of benzene rings is 4. The lowest BCUT2D eigenvalue weighted by Gasteiger charge is -2.13. The summed E-state index contributed by atoms with van der Waals surface area (Å²) in [4.78, 5) is 50.1. The van der Waals surface area contributed by atoms with Gasteiger partial charge >= 0.3 is 0 Å². The third-order valence-electron chi connectivity index (χ3n) is 5.81. The molecule has 2 N–H and O–H groups in total. The van der Waals surface area contributed by atoms with Crippen LogP contribution in [0.5, 0.6) is 5.75 Å². The van der Waals surface area contributed by atoms with Crippen LogP contribution in [-0.4, -0.2) is 35.4 Å². The van der Waals surface area contributed by atoms with Gasteiger partial charge in [0.15, 0.2) is 5.78 Å². The molecule has 10 heteroatoms. The SMILES string of the molecule is COc1ccccc1/C=C(\NC(=O)c1ccccc1)C(=O)Nc1cccc(SCC(=O)c2cccc([N+](=O)[O-])c2)c1. The summed E-state index contributed by atoms with van der Waals surface area (Å²) in [5, 5.41) is 16.5. The number of methoxy groups -OCH3 is 1. The maximum atomic E-state index is 13.4. The number of anilines is 1. The van der Waals surface area contributed by atoms with Crippen molar-refractivity contribution in [2.45, 2.75) is 4.90 Å². The van der Waals surface area contributed by atoms with Crippen LogP contribution in [0.25, 0.3) is 6.08 Å². The highest BCUT2D eigenvalue weighted by molar-refractivity contribution is 8.00. The Morgan fingerprint density at radius 2 is 1.59 bits per heavy atom. The van der Waals surface area contributed by atoms with Crippen molar-refractivity contribution in [3.05, 3.63) is 136 Å². The minimum Gasteiger partial charge on any atom is -0.496 e. The van der Waals surface area contributed by atoms with Gasteiger partial charge in [-0.25, -0.2) is 0 Å². The van der Waals surface area contributed by atoms with Crippen molar-refractivity contribution in [1.82, 2.24) is 5.32 Å². The third-order valence-corrected chi connectivity index (χ3v) is 6.80. The predicted octanol–water partition coefficient (Wildman–Crippen LogP) is 5.99. The molecule has 0 unspecified atom stereocenters. The zero-order chi connectivity index (χ0) is 29.2. The number of non-ortho nitro benzene ring substituents is 1. The lowest BCUT2D eigenvalue weighted by atomic mass is 10.1. The molecule has 206 valence electrons. The second-order valence-electron chi connectivity index (χ2n) is 8.62. The highest BCUT2D eigenvalue weighted by Gasteiger charge is 2.17. The van der Waals surface area contributed by atoms with Crippen molar-refractivity contribution in [1.29, 1.82) is 0 Å². The second-order valence-corrected chi connectivity index (χ2v) is 9.67. The molecule has 4 aromatic rings. The fraction of sp³-hybridized carbons (Fsp3) is 0.0645. The fourth-order valence-electron chi connectivity index (χ4n) is 3.77. The number of thioether (sulfide) groups is 1. The van der Waals surface area contributed by atoms with E-state index in [0.717, 1.165) is 0 Å². The van der Waals surface area contributed by atoms with Crippen LogP contribution in [0.3, 0.4) is 0 Å². The largest absolute Gasteiger partial charge is 0.496 e. The molecule has 0 spiro atoms. The van der Waals surface area contributed by atoms with Crippen LogP contribution in [0.15, 0.2) is 114 Å². The number of hydrogen-bond donors (Lipinski definition) is 2. The number of amides is 2. The van der Waals surface area contributed by atoms with E-state index < -0.39 is 16.7 Å². The second kappa shape index (κ2) is 13.7. The Labute approximate surface area is 240 Å². The van der Waals surface area contributed by atoms with Gasteiger partial charge in [-0.3, -0.25) is 24.5 Å². The van der Waals surface area contributed by atoms with E-state index in [1.807, 2.05) is 0 Å². The number of para-hydroxylation sites is 1. The minimum absolute atomic E-state index is 0.00209. The van der Waals surface area contributed by atoms with Crippen molar-refractivity contribution >= 4 is 46.8 Å². The number of Topliss-reactive ketones (excluding diaryl/α,β-unsaturated/α-hetero) is 1. The van der Waals surface area contributed by atoms with Gasteiger partial charge in [0.2, 0.25) is 0 Å². The monoisotopic (exact) mass is 567 g/mol. The molecule has 0 saturated heterocycles. The molecule has 0 atom stereocenters. The first-order valence-electron chi connectivity index (χ1n) is 12.4. The standard InChI is InChI=1S/C31H25N3O6S/c1-40-29-16-6-5-11-23(29)18-27(33-30(36)21-9-3-2-4-10-21)31(37)32-24-13-8-15-26(19-24)41-20-28(35)22-12-7-14-25(17-22)34(38)39/h2-19H,20H2,1H3,(H,32,37)(H,33,36)/b27-18-. The summed E-state index contributed by atoms with van der Waals surface area (Å²) in [5.74, 6) is -0.705. The number of carbonyl (C=O) groups excluding carboxylic acids is 3. The van der Waals surface area contributed by atoms with Gasteiger partial charge in [0.1, 0.15) is 11.4 Å². The predicted molar refractivity (Wildman–Crippen MR) is 158 cm³/mol. The molecule has 0 fully saturated rings. The summed E-state index contributed by atoms with van der Waals surface area (Å²) in [6.45, 7) is 0. The first-order chi connectivity index (χ1) is 19.8. The van der Waals surface area contributed by atoms with Crippen LogP contribution in [0.1, 0.15) is 26.3 Å². The summed E-state index contributed by atoms with van der Waals surface area (Å²) < 4.78 is 5.39. The molecule has 4 aromatic carbocycles. The van der Waals surface area contributed by atoms with Gasteiger partial charge < -0.3 is 15.4 Å². The Morgan fingerprint density at radius 1 is 0.878 bits per heavy atom. The van der Waals surface area contributed by atoms with Crippen LogP contribution < -0.4 is 15.4 Å². The summed E-state index contributed by atoms with van der Waals surface area (Å²) >= 11 is 1.23.